The number of hydrogen-bond acceptors (Lipinski definition) is 9. The van der Waals surface area contributed by atoms with E-state index in [9.17, 15) is 19.8 Å². The van der Waals surface area contributed by atoms with Gasteiger partial charge in [-0.05, 0) is 56.5 Å². The standard InChI is InChI=1S/C31H34N6O5/c1-18(40)26-27(19-7-10-36(11-8-19)30(41)31(2,16-38)17-39)35-29-23(15-34-37(29)28(26)32)22-3-5-24(33-14-22)20-4-6-25-21(13-20)9-12-42-25/h3-6,13-15,19,38-39H,7-12,16-17,32H2,1-2H3. The lowest BCUT2D eigenvalue weighted by Crippen LogP contribution is -2.49. The first-order chi connectivity index (χ1) is 20.2. The fourth-order valence-electron chi connectivity index (χ4n) is 5.89. The molecule has 5 heterocycles. The largest absolute Gasteiger partial charge is 0.493 e. The molecule has 0 aliphatic carbocycles. The Kier molecular flexibility index (Phi) is 7.15. The van der Waals surface area contributed by atoms with Crippen molar-refractivity contribution in [1.29, 1.82) is 0 Å². The zero-order chi connectivity index (χ0) is 29.6. The third-order valence-electron chi connectivity index (χ3n) is 8.51. The number of likely N-dealkylation sites (tertiary alicyclic amines) is 1. The summed E-state index contributed by atoms with van der Waals surface area (Å²) in [7, 11) is 0. The van der Waals surface area contributed by atoms with Crippen LogP contribution in [0.2, 0.25) is 0 Å². The normalized spacial score (nSPS) is 15.6. The van der Waals surface area contributed by atoms with E-state index in [1.165, 1.54) is 17.0 Å². The number of fused-ring (bicyclic) bond motifs is 2. The number of carbonyl (C=O) groups is 2. The quantitative estimate of drug-likeness (QED) is 0.284. The van der Waals surface area contributed by atoms with E-state index in [4.69, 9.17) is 20.4 Å². The number of ether oxygens (including phenoxy) is 1. The molecule has 1 amide bonds. The van der Waals surface area contributed by atoms with Crippen LogP contribution in [-0.2, 0) is 11.2 Å². The lowest BCUT2D eigenvalue weighted by molar-refractivity contribution is -0.147. The first-order valence-electron chi connectivity index (χ1n) is 14.2. The monoisotopic (exact) mass is 570 g/mol. The number of nitrogens with two attached hydrogens (primary N) is 1. The highest BCUT2D eigenvalue weighted by Crippen LogP contribution is 2.36. The van der Waals surface area contributed by atoms with Gasteiger partial charge in [0.25, 0.3) is 0 Å². The number of anilines is 1. The summed E-state index contributed by atoms with van der Waals surface area (Å²) in [4.78, 5) is 37.1. The Balaban J connectivity index is 1.31. The van der Waals surface area contributed by atoms with Gasteiger partial charge in [0.15, 0.2) is 11.4 Å². The molecule has 3 aromatic heterocycles. The van der Waals surface area contributed by atoms with Crippen LogP contribution in [0, 0.1) is 5.41 Å². The number of ketones is 1. The topological polar surface area (TPSA) is 156 Å². The van der Waals surface area contributed by atoms with E-state index in [0.29, 0.717) is 49.4 Å². The molecule has 0 unspecified atom stereocenters. The molecule has 2 aliphatic heterocycles. The van der Waals surface area contributed by atoms with Crippen LogP contribution in [0.4, 0.5) is 5.82 Å². The number of aliphatic hydroxyl groups excluding tert-OH is 2. The van der Waals surface area contributed by atoms with Gasteiger partial charge in [-0.3, -0.25) is 14.6 Å². The summed E-state index contributed by atoms with van der Waals surface area (Å²) in [5, 5.41) is 23.8. The number of Topliss-reactive ketones (excluding diaryl/α,β-unsaturated/α-hetero) is 1. The van der Waals surface area contributed by atoms with Gasteiger partial charge in [-0.25, -0.2) is 4.98 Å². The maximum absolute atomic E-state index is 13.0. The molecule has 218 valence electrons. The van der Waals surface area contributed by atoms with Crippen molar-refractivity contribution in [3.63, 3.8) is 0 Å². The molecule has 0 radical (unpaired) electrons. The van der Waals surface area contributed by atoms with E-state index in [-0.39, 0.29) is 23.4 Å². The summed E-state index contributed by atoms with van der Waals surface area (Å²) in [6.45, 7) is 3.67. The van der Waals surface area contributed by atoms with E-state index in [1.807, 2.05) is 24.3 Å². The highest BCUT2D eigenvalue weighted by molar-refractivity contribution is 6.00. The molecule has 11 nitrogen and oxygen atoms in total. The van der Waals surface area contributed by atoms with Gasteiger partial charge in [0.05, 0.1) is 48.4 Å². The molecule has 1 aromatic carbocycles. The van der Waals surface area contributed by atoms with Gasteiger partial charge in [-0.1, -0.05) is 6.07 Å². The highest BCUT2D eigenvalue weighted by Gasteiger charge is 2.38. The van der Waals surface area contributed by atoms with Crippen molar-refractivity contribution in [2.45, 2.75) is 39.0 Å². The first-order valence-corrected chi connectivity index (χ1v) is 14.2. The average Bonchev–Trinajstić information content (AvgIpc) is 3.67. The van der Waals surface area contributed by atoms with Crippen LogP contribution in [0.1, 0.15) is 54.2 Å². The van der Waals surface area contributed by atoms with Crippen LogP contribution < -0.4 is 10.5 Å². The smallest absolute Gasteiger partial charge is 0.233 e. The zero-order valence-corrected chi connectivity index (χ0v) is 23.7. The summed E-state index contributed by atoms with van der Waals surface area (Å²) < 4.78 is 7.12. The molecule has 1 fully saturated rings. The number of hydrogen-bond donors (Lipinski definition) is 3. The molecule has 6 rings (SSSR count). The molecule has 1 saturated heterocycles. The number of nitrogen functional groups attached to an aromatic ring is 1. The highest BCUT2D eigenvalue weighted by atomic mass is 16.5. The van der Waals surface area contributed by atoms with Crippen LogP contribution in [0.15, 0.2) is 42.7 Å². The molecule has 0 bridgehead atoms. The lowest BCUT2D eigenvalue weighted by atomic mass is 9.86. The van der Waals surface area contributed by atoms with Crippen molar-refractivity contribution in [3.05, 3.63) is 59.5 Å². The summed E-state index contributed by atoms with van der Waals surface area (Å²) in [6, 6.07) is 10.0. The molecule has 2 aliphatic rings. The molecule has 4 N–H and O–H groups in total. The van der Waals surface area contributed by atoms with Gasteiger partial charge >= 0.3 is 0 Å². The van der Waals surface area contributed by atoms with Crippen molar-refractivity contribution < 1.29 is 24.5 Å². The third-order valence-corrected chi connectivity index (χ3v) is 8.51. The van der Waals surface area contributed by atoms with Gasteiger partial charge in [0.2, 0.25) is 5.91 Å². The second-order valence-corrected chi connectivity index (χ2v) is 11.4. The fourth-order valence-corrected chi connectivity index (χ4v) is 5.89. The second kappa shape index (κ2) is 10.8. The maximum atomic E-state index is 13.0. The first kappa shape index (κ1) is 27.8. The van der Waals surface area contributed by atoms with E-state index in [0.717, 1.165) is 34.6 Å². The van der Waals surface area contributed by atoms with Crippen LogP contribution >= 0.6 is 0 Å². The summed E-state index contributed by atoms with van der Waals surface area (Å²) in [5.41, 5.74) is 11.4. The number of amides is 1. The van der Waals surface area contributed by atoms with Crippen LogP contribution in [-0.4, -0.2) is 79.3 Å². The minimum atomic E-state index is -1.23. The number of benzene rings is 1. The van der Waals surface area contributed by atoms with Gasteiger partial charge in [-0.2, -0.15) is 9.61 Å². The minimum Gasteiger partial charge on any atom is -0.493 e. The summed E-state index contributed by atoms with van der Waals surface area (Å²) >= 11 is 0. The molecular formula is C31H34N6O5. The Labute approximate surface area is 243 Å². The molecule has 0 spiro atoms. The SMILES string of the molecule is CC(=O)c1c(C2CCN(C(=O)C(C)(CO)CO)CC2)nc2c(-c3ccc(-c4ccc5c(c4)CCO5)nc3)cnn2c1N. The predicted octanol–water partition coefficient (Wildman–Crippen LogP) is 2.87. The van der Waals surface area contributed by atoms with Gasteiger partial charge in [-0.15, -0.1) is 0 Å². The number of rotatable bonds is 7. The molecule has 4 aromatic rings. The van der Waals surface area contributed by atoms with E-state index in [2.05, 4.69) is 11.2 Å². The van der Waals surface area contributed by atoms with Crippen molar-refractivity contribution in [2.75, 3.05) is 38.6 Å². The van der Waals surface area contributed by atoms with E-state index in [1.54, 1.807) is 24.2 Å². The molecular weight excluding hydrogens is 536 g/mol. The molecule has 0 saturated carbocycles. The van der Waals surface area contributed by atoms with Gasteiger partial charge in [0, 0.05) is 48.3 Å². The van der Waals surface area contributed by atoms with Crippen LogP contribution in [0.5, 0.6) is 5.75 Å². The van der Waals surface area contributed by atoms with Crippen molar-refractivity contribution in [1.82, 2.24) is 24.5 Å². The lowest BCUT2D eigenvalue weighted by Gasteiger charge is -2.37. The fraction of sp³-hybridized carbons (Fsp3) is 0.387. The Morgan fingerprint density at radius 2 is 1.83 bits per heavy atom. The van der Waals surface area contributed by atoms with Crippen molar-refractivity contribution in [3.8, 4) is 28.1 Å². The van der Waals surface area contributed by atoms with Gasteiger partial charge < -0.3 is 25.6 Å². The second-order valence-electron chi connectivity index (χ2n) is 11.4. The Morgan fingerprint density at radius 1 is 1.10 bits per heavy atom. The number of aliphatic hydroxyl groups is 2. The Hall–Kier alpha value is -4.35. The number of piperidine rings is 1. The number of pyridine rings is 1. The zero-order valence-electron chi connectivity index (χ0n) is 23.7. The number of nitrogens with zero attached hydrogens (tertiary/aromatic N) is 5. The average molecular weight is 571 g/mol. The Morgan fingerprint density at radius 3 is 2.50 bits per heavy atom. The minimum absolute atomic E-state index is 0.109. The van der Waals surface area contributed by atoms with Crippen LogP contribution in [0.3, 0.4) is 0 Å². The Bertz CT molecular complexity index is 1670. The molecule has 11 heteroatoms. The number of carbonyl (C=O) groups excluding carboxylic acids is 2. The summed E-state index contributed by atoms with van der Waals surface area (Å²) in [6.07, 6.45) is 5.49. The maximum Gasteiger partial charge on any atom is 0.233 e. The predicted molar refractivity (Wildman–Crippen MR) is 156 cm³/mol. The van der Waals surface area contributed by atoms with Gasteiger partial charge in [0.1, 0.15) is 11.6 Å². The van der Waals surface area contributed by atoms with Crippen LogP contribution in [0.25, 0.3) is 28.0 Å². The third kappa shape index (κ3) is 4.68. The number of aromatic nitrogens is 4. The molecule has 42 heavy (non-hydrogen) atoms. The molecule has 0 atom stereocenters. The summed E-state index contributed by atoms with van der Waals surface area (Å²) in [5.74, 6) is 0.554. The van der Waals surface area contributed by atoms with Crippen molar-refractivity contribution >= 4 is 23.2 Å². The van der Waals surface area contributed by atoms with E-state index < -0.39 is 18.6 Å². The van der Waals surface area contributed by atoms with Crippen molar-refractivity contribution in [2.24, 2.45) is 5.41 Å². The van der Waals surface area contributed by atoms with E-state index >= 15 is 0 Å².